The van der Waals surface area contributed by atoms with Crippen LogP contribution in [0.4, 0.5) is 17.6 Å². The van der Waals surface area contributed by atoms with Crippen molar-refractivity contribution >= 4 is 42.4 Å². The second kappa shape index (κ2) is 9.87. The Morgan fingerprint density at radius 2 is 1.90 bits per heavy atom. The summed E-state index contributed by atoms with van der Waals surface area (Å²) in [5.41, 5.74) is 5.93. The third kappa shape index (κ3) is 5.37. The van der Waals surface area contributed by atoms with Gasteiger partial charge >= 0.3 is 0 Å². The number of rotatable bonds is 4. The minimum absolute atomic E-state index is 0. The highest BCUT2D eigenvalue weighted by atomic mass is 35.5. The number of nitrogens with zero attached hydrogens (tertiary/aromatic N) is 4. The fourth-order valence-corrected chi connectivity index (χ4v) is 2.32. The molecule has 6 nitrogen and oxygen atoms in total. The molecule has 122 valence electrons. The smallest absolute Gasteiger partial charge is 0.229 e. The second-order valence-electron chi connectivity index (χ2n) is 4.71. The SMILES string of the molecule is CCN(CC)c1nc(N)cc(N2CCCNCC2)n1.Cl.Cl. The normalized spacial score (nSPS) is 14.7. The van der Waals surface area contributed by atoms with Crippen LogP contribution in [0.2, 0.25) is 0 Å². The minimum Gasteiger partial charge on any atom is -0.383 e. The van der Waals surface area contributed by atoms with Gasteiger partial charge < -0.3 is 20.9 Å². The number of hydrogen-bond donors (Lipinski definition) is 2. The lowest BCUT2D eigenvalue weighted by molar-refractivity contribution is 0.724. The number of nitrogens with two attached hydrogens (primary N) is 1. The van der Waals surface area contributed by atoms with Crippen LogP contribution in [-0.4, -0.2) is 49.2 Å². The summed E-state index contributed by atoms with van der Waals surface area (Å²) in [7, 11) is 0. The van der Waals surface area contributed by atoms with Gasteiger partial charge in [-0.15, -0.1) is 24.8 Å². The first kappa shape index (κ1) is 20.0. The van der Waals surface area contributed by atoms with Gasteiger partial charge in [-0.25, -0.2) is 0 Å². The zero-order chi connectivity index (χ0) is 13.7. The summed E-state index contributed by atoms with van der Waals surface area (Å²) < 4.78 is 0. The molecule has 0 aromatic carbocycles. The predicted molar refractivity (Wildman–Crippen MR) is 94.2 cm³/mol. The van der Waals surface area contributed by atoms with E-state index in [4.69, 9.17) is 5.73 Å². The first-order valence-electron chi connectivity index (χ1n) is 7.09. The van der Waals surface area contributed by atoms with Crippen LogP contribution in [0.1, 0.15) is 20.3 Å². The highest BCUT2D eigenvalue weighted by molar-refractivity contribution is 5.85. The number of hydrogen-bond acceptors (Lipinski definition) is 6. The molecule has 1 aliphatic heterocycles. The molecule has 1 aromatic rings. The molecule has 21 heavy (non-hydrogen) atoms. The molecule has 8 heteroatoms. The molecular formula is C13H26Cl2N6. The Balaban J connectivity index is 0.00000200. The molecule has 0 amide bonds. The number of nitrogen functional groups attached to an aromatic ring is 1. The number of anilines is 3. The molecule has 1 aromatic heterocycles. The third-order valence-corrected chi connectivity index (χ3v) is 3.43. The topological polar surface area (TPSA) is 70.3 Å². The Morgan fingerprint density at radius 3 is 2.57 bits per heavy atom. The van der Waals surface area contributed by atoms with Gasteiger partial charge in [-0.3, -0.25) is 0 Å². The standard InChI is InChI=1S/C13H24N6.2ClH/c1-3-18(4-2)13-16-11(14)10-12(17-13)19-8-5-6-15-7-9-19;;/h10,15H,3-9H2,1-2H3,(H2,14,16,17);2*1H. The lowest BCUT2D eigenvalue weighted by atomic mass is 10.3. The van der Waals surface area contributed by atoms with E-state index in [9.17, 15) is 0 Å². The van der Waals surface area contributed by atoms with Crippen molar-refractivity contribution in [3.63, 3.8) is 0 Å². The van der Waals surface area contributed by atoms with Crippen LogP contribution >= 0.6 is 24.8 Å². The zero-order valence-corrected chi connectivity index (χ0v) is 14.3. The Hall–Kier alpha value is -0.980. The molecule has 0 radical (unpaired) electrons. The number of nitrogens with one attached hydrogen (secondary N) is 1. The summed E-state index contributed by atoms with van der Waals surface area (Å²) in [4.78, 5) is 13.4. The lowest BCUT2D eigenvalue weighted by Gasteiger charge is -2.24. The van der Waals surface area contributed by atoms with Gasteiger partial charge in [-0.2, -0.15) is 9.97 Å². The van der Waals surface area contributed by atoms with E-state index in [0.717, 1.165) is 57.5 Å². The first-order chi connectivity index (χ1) is 9.24. The summed E-state index contributed by atoms with van der Waals surface area (Å²) in [6, 6.07) is 1.87. The molecule has 1 aliphatic rings. The molecule has 0 atom stereocenters. The summed E-state index contributed by atoms with van der Waals surface area (Å²) in [5.74, 6) is 2.22. The van der Waals surface area contributed by atoms with Crippen molar-refractivity contribution in [1.29, 1.82) is 0 Å². The summed E-state index contributed by atoms with van der Waals surface area (Å²) in [5, 5.41) is 3.39. The highest BCUT2D eigenvalue weighted by Crippen LogP contribution is 2.19. The van der Waals surface area contributed by atoms with Crippen LogP contribution in [-0.2, 0) is 0 Å². The van der Waals surface area contributed by atoms with E-state index >= 15 is 0 Å². The molecule has 0 saturated carbocycles. The van der Waals surface area contributed by atoms with E-state index in [-0.39, 0.29) is 24.8 Å². The second-order valence-corrected chi connectivity index (χ2v) is 4.71. The number of halogens is 2. The van der Waals surface area contributed by atoms with Crippen molar-refractivity contribution in [1.82, 2.24) is 15.3 Å². The van der Waals surface area contributed by atoms with E-state index in [1.165, 1.54) is 0 Å². The maximum Gasteiger partial charge on any atom is 0.229 e. The van der Waals surface area contributed by atoms with Gasteiger partial charge in [0.2, 0.25) is 5.95 Å². The van der Waals surface area contributed by atoms with Crippen molar-refractivity contribution in [2.75, 3.05) is 54.8 Å². The predicted octanol–water partition coefficient (Wildman–Crippen LogP) is 1.55. The van der Waals surface area contributed by atoms with Crippen LogP contribution in [0.15, 0.2) is 6.07 Å². The summed E-state index contributed by atoms with van der Waals surface area (Å²) >= 11 is 0. The highest BCUT2D eigenvalue weighted by Gasteiger charge is 2.14. The van der Waals surface area contributed by atoms with Crippen molar-refractivity contribution in [3.8, 4) is 0 Å². The van der Waals surface area contributed by atoms with Crippen molar-refractivity contribution in [2.24, 2.45) is 0 Å². The molecular weight excluding hydrogens is 311 g/mol. The molecule has 0 bridgehead atoms. The maximum absolute atomic E-state index is 5.93. The Bertz CT molecular complexity index is 406. The van der Waals surface area contributed by atoms with E-state index in [0.29, 0.717) is 5.82 Å². The lowest BCUT2D eigenvalue weighted by Crippen LogP contribution is -2.30. The molecule has 2 heterocycles. The Labute approximate surface area is 139 Å². The average molecular weight is 337 g/mol. The molecule has 1 fully saturated rings. The van der Waals surface area contributed by atoms with Crippen LogP contribution in [0.25, 0.3) is 0 Å². The Morgan fingerprint density at radius 1 is 1.19 bits per heavy atom. The fourth-order valence-electron chi connectivity index (χ4n) is 2.32. The van der Waals surface area contributed by atoms with Gasteiger partial charge in [0, 0.05) is 38.8 Å². The van der Waals surface area contributed by atoms with Crippen molar-refractivity contribution in [3.05, 3.63) is 6.07 Å². The quantitative estimate of drug-likeness (QED) is 0.869. The van der Waals surface area contributed by atoms with Gasteiger partial charge in [-0.1, -0.05) is 0 Å². The van der Waals surface area contributed by atoms with Crippen LogP contribution in [0.5, 0.6) is 0 Å². The number of aromatic nitrogens is 2. The summed E-state index contributed by atoms with van der Waals surface area (Å²) in [6.45, 7) is 10.0. The molecule has 3 N–H and O–H groups in total. The third-order valence-electron chi connectivity index (χ3n) is 3.43. The van der Waals surface area contributed by atoms with Gasteiger partial charge in [0.1, 0.15) is 11.6 Å². The van der Waals surface area contributed by atoms with Crippen molar-refractivity contribution < 1.29 is 0 Å². The van der Waals surface area contributed by atoms with E-state index in [1.807, 2.05) is 6.07 Å². The van der Waals surface area contributed by atoms with Crippen LogP contribution < -0.4 is 20.9 Å². The fraction of sp³-hybridized carbons (Fsp3) is 0.692. The minimum atomic E-state index is 0. The molecule has 0 aliphatic carbocycles. The largest absolute Gasteiger partial charge is 0.383 e. The first-order valence-corrected chi connectivity index (χ1v) is 7.09. The Kier molecular flexibility index (Phi) is 9.41. The zero-order valence-electron chi connectivity index (χ0n) is 12.7. The average Bonchev–Trinajstić information content (AvgIpc) is 2.68. The molecule has 0 unspecified atom stereocenters. The van der Waals surface area contributed by atoms with Gasteiger partial charge in [0.15, 0.2) is 0 Å². The molecule has 2 rings (SSSR count). The monoisotopic (exact) mass is 336 g/mol. The van der Waals surface area contributed by atoms with Crippen LogP contribution in [0, 0.1) is 0 Å². The van der Waals surface area contributed by atoms with Gasteiger partial charge in [0.25, 0.3) is 0 Å². The molecule has 0 spiro atoms. The molecule has 1 saturated heterocycles. The van der Waals surface area contributed by atoms with E-state index < -0.39 is 0 Å². The van der Waals surface area contributed by atoms with Gasteiger partial charge in [-0.05, 0) is 26.8 Å². The van der Waals surface area contributed by atoms with E-state index in [2.05, 4.69) is 38.9 Å². The maximum atomic E-state index is 5.93. The summed E-state index contributed by atoms with van der Waals surface area (Å²) in [6.07, 6.45) is 1.13. The van der Waals surface area contributed by atoms with Crippen molar-refractivity contribution in [2.45, 2.75) is 20.3 Å². The van der Waals surface area contributed by atoms with Gasteiger partial charge in [0.05, 0.1) is 0 Å². The van der Waals surface area contributed by atoms with Crippen LogP contribution in [0.3, 0.4) is 0 Å². The van der Waals surface area contributed by atoms with E-state index in [1.54, 1.807) is 0 Å².